The van der Waals surface area contributed by atoms with Gasteiger partial charge in [-0.05, 0) is 43.5 Å². The predicted octanol–water partition coefficient (Wildman–Crippen LogP) is 3.97. The molecular weight excluding hydrogens is 326 g/mol. The predicted molar refractivity (Wildman–Crippen MR) is 93.0 cm³/mol. The Morgan fingerprint density at radius 1 is 1.08 bits per heavy atom. The highest BCUT2D eigenvalue weighted by Crippen LogP contribution is 2.28. The highest BCUT2D eigenvalue weighted by Gasteiger charge is 2.16. The van der Waals surface area contributed by atoms with Crippen LogP contribution < -0.4 is 15.0 Å². The number of amides is 1. The summed E-state index contributed by atoms with van der Waals surface area (Å²) in [7, 11) is 0. The van der Waals surface area contributed by atoms with Gasteiger partial charge in [-0.2, -0.15) is 0 Å². The summed E-state index contributed by atoms with van der Waals surface area (Å²) in [6.07, 6.45) is 3.49. The summed E-state index contributed by atoms with van der Waals surface area (Å²) in [5.41, 5.74) is 1.68. The number of anilines is 2. The molecule has 25 heavy (non-hydrogen) atoms. The van der Waals surface area contributed by atoms with Crippen molar-refractivity contribution in [2.45, 2.75) is 19.3 Å². The van der Waals surface area contributed by atoms with Crippen LogP contribution in [-0.2, 0) is 4.79 Å². The summed E-state index contributed by atoms with van der Waals surface area (Å²) in [5.74, 6) is -2.07. The van der Waals surface area contributed by atoms with Gasteiger partial charge < -0.3 is 15.0 Å². The third kappa shape index (κ3) is 4.47. The molecule has 0 spiro atoms. The van der Waals surface area contributed by atoms with Gasteiger partial charge in [-0.15, -0.1) is 0 Å². The fourth-order valence-electron chi connectivity index (χ4n) is 2.91. The molecule has 1 amide bonds. The Balaban J connectivity index is 1.63. The van der Waals surface area contributed by atoms with Gasteiger partial charge in [0.2, 0.25) is 0 Å². The molecular formula is C19H20F2N2O2. The normalized spacial score (nSPS) is 14.2. The lowest BCUT2D eigenvalue weighted by Crippen LogP contribution is -2.31. The summed E-state index contributed by atoms with van der Waals surface area (Å²) < 4.78 is 31.6. The van der Waals surface area contributed by atoms with Crippen LogP contribution in [0.1, 0.15) is 19.3 Å². The van der Waals surface area contributed by atoms with E-state index in [1.807, 2.05) is 24.3 Å². The SMILES string of the molecule is O=C(COc1ccc(F)cc1F)Nc1ccccc1N1CCCCC1. The van der Waals surface area contributed by atoms with Gasteiger partial charge in [-0.25, -0.2) is 8.78 Å². The molecule has 0 radical (unpaired) electrons. The van der Waals surface area contributed by atoms with E-state index in [0.29, 0.717) is 5.69 Å². The monoisotopic (exact) mass is 346 g/mol. The molecule has 2 aromatic carbocycles. The van der Waals surface area contributed by atoms with Crippen molar-refractivity contribution in [1.82, 2.24) is 0 Å². The lowest BCUT2D eigenvalue weighted by Gasteiger charge is -2.30. The number of rotatable bonds is 5. The number of carbonyl (C=O) groups excluding carboxylic acids is 1. The molecule has 2 aromatic rings. The Morgan fingerprint density at radius 2 is 1.84 bits per heavy atom. The van der Waals surface area contributed by atoms with E-state index in [-0.39, 0.29) is 12.4 Å². The molecule has 132 valence electrons. The third-order valence-corrected chi connectivity index (χ3v) is 4.13. The number of nitrogens with zero attached hydrogens (tertiary/aromatic N) is 1. The fourth-order valence-corrected chi connectivity index (χ4v) is 2.91. The van der Waals surface area contributed by atoms with Crippen LogP contribution in [0.2, 0.25) is 0 Å². The lowest BCUT2D eigenvalue weighted by molar-refractivity contribution is -0.118. The molecule has 6 heteroatoms. The summed E-state index contributed by atoms with van der Waals surface area (Å²) in [6.45, 7) is 1.57. The van der Waals surface area contributed by atoms with E-state index >= 15 is 0 Å². The minimum Gasteiger partial charge on any atom is -0.481 e. The highest BCUT2D eigenvalue weighted by molar-refractivity contribution is 5.95. The molecule has 0 unspecified atom stereocenters. The fraction of sp³-hybridized carbons (Fsp3) is 0.316. The molecule has 1 aliphatic rings. The molecule has 1 saturated heterocycles. The van der Waals surface area contributed by atoms with Crippen molar-refractivity contribution in [2.75, 3.05) is 29.9 Å². The zero-order chi connectivity index (χ0) is 17.6. The first kappa shape index (κ1) is 17.2. The van der Waals surface area contributed by atoms with E-state index in [1.54, 1.807) is 0 Å². The zero-order valence-corrected chi connectivity index (χ0v) is 13.8. The van der Waals surface area contributed by atoms with E-state index in [4.69, 9.17) is 4.74 Å². The zero-order valence-electron chi connectivity index (χ0n) is 13.8. The number of nitrogens with one attached hydrogen (secondary N) is 1. The maximum Gasteiger partial charge on any atom is 0.262 e. The topological polar surface area (TPSA) is 41.6 Å². The summed E-state index contributed by atoms with van der Waals surface area (Å²) in [5, 5.41) is 2.81. The van der Waals surface area contributed by atoms with Crippen LogP contribution in [0.25, 0.3) is 0 Å². The Morgan fingerprint density at radius 3 is 2.60 bits per heavy atom. The molecule has 1 fully saturated rings. The summed E-state index contributed by atoms with van der Waals surface area (Å²) in [6, 6.07) is 10.6. The van der Waals surface area contributed by atoms with Crippen molar-refractivity contribution < 1.29 is 18.3 Å². The van der Waals surface area contributed by atoms with Crippen LogP contribution in [0, 0.1) is 11.6 Å². The van der Waals surface area contributed by atoms with Crippen molar-refractivity contribution in [3.8, 4) is 5.75 Å². The van der Waals surface area contributed by atoms with Crippen LogP contribution >= 0.6 is 0 Å². The van der Waals surface area contributed by atoms with E-state index in [1.165, 1.54) is 12.5 Å². The Labute approximate surface area is 145 Å². The van der Waals surface area contributed by atoms with Gasteiger partial charge in [-0.1, -0.05) is 12.1 Å². The largest absolute Gasteiger partial charge is 0.481 e. The van der Waals surface area contributed by atoms with Crippen LogP contribution in [0.4, 0.5) is 20.2 Å². The second kappa shape index (κ2) is 7.96. The lowest BCUT2D eigenvalue weighted by atomic mass is 10.1. The Kier molecular flexibility index (Phi) is 5.48. The van der Waals surface area contributed by atoms with Crippen molar-refractivity contribution in [3.63, 3.8) is 0 Å². The second-order valence-electron chi connectivity index (χ2n) is 5.98. The van der Waals surface area contributed by atoms with Gasteiger partial charge in [0.1, 0.15) is 5.82 Å². The average molecular weight is 346 g/mol. The van der Waals surface area contributed by atoms with E-state index in [0.717, 1.165) is 43.8 Å². The molecule has 1 heterocycles. The highest BCUT2D eigenvalue weighted by atomic mass is 19.1. The number of halogens is 2. The van der Waals surface area contributed by atoms with Gasteiger partial charge in [0.15, 0.2) is 18.2 Å². The molecule has 1 aliphatic heterocycles. The van der Waals surface area contributed by atoms with E-state index < -0.39 is 17.5 Å². The Bertz CT molecular complexity index is 746. The third-order valence-electron chi connectivity index (χ3n) is 4.13. The van der Waals surface area contributed by atoms with Gasteiger partial charge in [0.25, 0.3) is 5.91 Å². The minimum absolute atomic E-state index is 0.152. The van der Waals surface area contributed by atoms with Crippen molar-refractivity contribution in [2.24, 2.45) is 0 Å². The van der Waals surface area contributed by atoms with Crippen molar-refractivity contribution >= 4 is 17.3 Å². The molecule has 1 N–H and O–H groups in total. The number of hydrogen-bond acceptors (Lipinski definition) is 3. The van der Waals surface area contributed by atoms with Gasteiger partial charge in [-0.3, -0.25) is 4.79 Å². The van der Waals surface area contributed by atoms with E-state index in [2.05, 4.69) is 10.2 Å². The molecule has 0 atom stereocenters. The van der Waals surface area contributed by atoms with Crippen LogP contribution in [0.15, 0.2) is 42.5 Å². The first-order valence-electron chi connectivity index (χ1n) is 8.35. The first-order valence-corrected chi connectivity index (χ1v) is 8.35. The maximum atomic E-state index is 13.5. The number of carbonyl (C=O) groups is 1. The van der Waals surface area contributed by atoms with Crippen molar-refractivity contribution in [1.29, 1.82) is 0 Å². The molecule has 0 saturated carbocycles. The molecule has 4 nitrogen and oxygen atoms in total. The first-order chi connectivity index (χ1) is 12.1. The minimum atomic E-state index is -0.832. The maximum absolute atomic E-state index is 13.5. The van der Waals surface area contributed by atoms with Crippen molar-refractivity contribution in [3.05, 3.63) is 54.1 Å². The standard InChI is InChI=1S/C19H20F2N2O2/c20-14-8-9-18(15(21)12-14)25-13-19(24)22-16-6-2-3-7-17(16)23-10-4-1-5-11-23/h2-3,6-9,12H,1,4-5,10-11,13H2,(H,22,24). The Hall–Kier alpha value is -2.63. The van der Waals surface area contributed by atoms with Gasteiger partial charge >= 0.3 is 0 Å². The number of piperidine rings is 1. The average Bonchev–Trinajstić information content (AvgIpc) is 2.62. The molecule has 0 bridgehead atoms. The van der Waals surface area contributed by atoms with Gasteiger partial charge in [0.05, 0.1) is 11.4 Å². The van der Waals surface area contributed by atoms with Crippen LogP contribution in [-0.4, -0.2) is 25.6 Å². The summed E-state index contributed by atoms with van der Waals surface area (Å²) >= 11 is 0. The second-order valence-corrected chi connectivity index (χ2v) is 5.98. The number of benzene rings is 2. The molecule has 0 aliphatic carbocycles. The smallest absolute Gasteiger partial charge is 0.262 e. The molecule has 3 rings (SSSR count). The summed E-state index contributed by atoms with van der Waals surface area (Å²) in [4.78, 5) is 14.4. The quantitative estimate of drug-likeness (QED) is 0.891. The van der Waals surface area contributed by atoms with Crippen LogP contribution in [0.5, 0.6) is 5.75 Å². The van der Waals surface area contributed by atoms with Gasteiger partial charge in [0, 0.05) is 19.2 Å². The number of para-hydroxylation sites is 2. The number of ether oxygens (including phenoxy) is 1. The molecule has 0 aromatic heterocycles. The van der Waals surface area contributed by atoms with Crippen LogP contribution in [0.3, 0.4) is 0 Å². The van der Waals surface area contributed by atoms with E-state index in [9.17, 15) is 13.6 Å². The number of hydrogen-bond donors (Lipinski definition) is 1.